The molecule has 0 N–H and O–H groups in total. The quantitative estimate of drug-likeness (QED) is 0.657. The van der Waals surface area contributed by atoms with Gasteiger partial charge in [-0.1, -0.05) is 30.1 Å². The molecule has 0 atom stereocenters. The summed E-state index contributed by atoms with van der Waals surface area (Å²) in [5.41, 5.74) is 0.748. The van der Waals surface area contributed by atoms with Gasteiger partial charge in [-0.05, 0) is 11.6 Å². The first-order valence-corrected chi connectivity index (χ1v) is 3.54. The molecule has 0 saturated heterocycles. The number of hydrogen-bond donors (Lipinski definition) is 0. The van der Waals surface area contributed by atoms with Crippen LogP contribution in [0.25, 0.3) is 0 Å². The Hall–Kier alpha value is -0.410. The molecule has 10 heavy (non-hydrogen) atoms. The fraction of sp³-hybridized carbons (Fsp3) is 0.400. The summed E-state index contributed by atoms with van der Waals surface area (Å²) in [5.74, 6) is 0. The molecule has 0 aliphatic heterocycles. The van der Waals surface area contributed by atoms with Gasteiger partial charge in [-0.3, -0.25) is 0 Å². The lowest BCUT2D eigenvalue weighted by Gasteiger charge is -1.97. The first-order valence-electron chi connectivity index (χ1n) is 2.79. The Morgan fingerprint density at radius 1 is 1.20 bits per heavy atom. The van der Waals surface area contributed by atoms with Gasteiger partial charge in [-0.25, -0.2) is 0 Å². The van der Waals surface area contributed by atoms with Gasteiger partial charge in [0.1, 0.15) is 0 Å². The highest BCUT2D eigenvalue weighted by molar-refractivity contribution is 6.34. The summed E-state index contributed by atoms with van der Waals surface area (Å²) in [7, 11) is 0. The van der Waals surface area contributed by atoms with E-state index < -0.39 is 0 Å². The van der Waals surface area contributed by atoms with Crippen LogP contribution in [0.4, 0.5) is 0 Å². The molecule has 1 aromatic rings. The molecule has 0 unspecified atom stereocenters. The molecule has 3 nitrogen and oxygen atoms in total. The Labute approximate surface area is 68.4 Å². The Balaban J connectivity index is 3.17. The minimum Gasteiger partial charge on any atom is -0.118 e. The third-order valence-electron chi connectivity index (χ3n) is 1.12. The largest absolute Gasteiger partial charge is 0.159 e. The number of rotatable bonds is 1. The fourth-order valence-electron chi connectivity index (χ4n) is 0.598. The molecule has 1 aromatic heterocycles. The van der Waals surface area contributed by atoms with Gasteiger partial charge in [-0.15, -0.1) is 10.2 Å². The van der Waals surface area contributed by atoms with Crippen LogP contribution in [0.3, 0.4) is 0 Å². The van der Waals surface area contributed by atoms with E-state index in [9.17, 15) is 0 Å². The lowest BCUT2D eigenvalue weighted by Crippen LogP contribution is -1.94. The predicted octanol–water partition coefficient (Wildman–Crippen LogP) is 1.74. The highest BCUT2D eigenvalue weighted by atomic mass is 35.5. The van der Waals surface area contributed by atoms with Crippen molar-refractivity contribution in [3.8, 4) is 0 Å². The van der Waals surface area contributed by atoms with Crippen LogP contribution in [0.2, 0.25) is 10.3 Å². The molecule has 1 rings (SSSR count). The van der Waals surface area contributed by atoms with Crippen LogP contribution < -0.4 is 0 Å². The van der Waals surface area contributed by atoms with Gasteiger partial charge in [0, 0.05) is 5.56 Å². The molecule has 1 heterocycles. The summed E-state index contributed by atoms with van der Waals surface area (Å²) in [5, 5.41) is 11.1. The molecule has 0 bridgehead atoms. The van der Waals surface area contributed by atoms with Crippen LogP contribution in [-0.2, 0) is 6.42 Å². The van der Waals surface area contributed by atoms with Gasteiger partial charge in [0.2, 0.25) is 0 Å². The average molecular weight is 178 g/mol. The summed E-state index contributed by atoms with van der Waals surface area (Å²) in [6.07, 6.45) is 0.722. The number of nitrogens with zero attached hydrogens (tertiary/aromatic N) is 3. The van der Waals surface area contributed by atoms with Gasteiger partial charge in [0.25, 0.3) is 0 Å². The van der Waals surface area contributed by atoms with Gasteiger partial charge in [-0.2, -0.15) is 0 Å². The molecule has 0 radical (unpaired) electrons. The van der Waals surface area contributed by atoms with Gasteiger partial charge >= 0.3 is 0 Å². The molecule has 0 fully saturated rings. The molecular formula is C5H5Cl2N3. The Kier molecular flexibility index (Phi) is 2.40. The monoisotopic (exact) mass is 177 g/mol. The maximum Gasteiger partial charge on any atom is 0.159 e. The topological polar surface area (TPSA) is 38.7 Å². The van der Waals surface area contributed by atoms with Crippen molar-refractivity contribution in [1.82, 2.24) is 15.4 Å². The van der Waals surface area contributed by atoms with Crippen LogP contribution in [0.1, 0.15) is 12.5 Å². The first-order chi connectivity index (χ1) is 4.75. The number of hydrogen-bond acceptors (Lipinski definition) is 3. The van der Waals surface area contributed by atoms with Crippen molar-refractivity contribution in [2.75, 3.05) is 0 Å². The molecule has 0 aromatic carbocycles. The van der Waals surface area contributed by atoms with E-state index in [1.54, 1.807) is 0 Å². The lowest BCUT2D eigenvalue weighted by atomic mass is 10.3. The summed E-state index contributed by atoms with van der Waals surface area (Å²) >= 11 is 11.3. The smallest absolute Gasteiger partial charge is 0.118 e. The minimum absolute atomic E-state index is 0.336. The summed E-state index contributed by atoms with van der Waals surface area (Å²) in [6, 6.07) is 0. The van der Waals surface area contributed by atoms with Crippen molar-refractivity contribution >= 4 is 23.2 Å². The van der Waals surface area contributed by atoms with Gasteiger partial charge in [0.05, 0.1) is 0 Å². The first kappa shape index (κ1) is 7.69. The van der Waals surface area contributed by atoms with Crippen molar-refractivity contribution in [1.29, 1.82) is 0 Å². The Bertz CT molecular complexity index is 218. The second-order valence-corrected chi connectivity index (χ2v) is 2.42. The van der Waals surface area contributed by atoms with E-state index in [0.29, 0.717) is 10.3 Å². The van der Waals surface area contributed by atoms with E-state index in [1.165, 1.54) is 0 Å². The normalized spacial score (nSPS) is 9.90. The average Bonchev–Trinajstić information content (AvgIpc) is 1.88. The van der Waals surface area contributed by atoms with Crippen LogP contribution in [0.5, 0.6) is 0 Å². The Morgan fingerprint density at radius 2 is 1.70 bits per heavy atom. The van der Waals surface area contributed by atoms with Crippen molar-refractivity contribution in [2.45, 2.75) is 13.3 Å². The van der Waals surface area contributed by atoms with E-state index in [-0.39, 0.29) is 0 Å². The fourth-order valence-corrected chi connectivity index (χ4v) is 1.16. The zero-order valence-corrected chi connectivity index (χ0v) is 6.82. The number of halogens is 2. The highest BCUT2D eigenvalue weighted by Gasteiger charge is 2.05. The van der Waals surface area contributed by atoms with Crippen molar-refractivity contribution < 1.29 is 0 Å². The number of aromatic nitrogens is 3. The molecule has 54 valence electrons. The van der Waals surface area contributed by atoms with E-state index in [2.05, 4.69) is 15.4 Å². The molecule has 0 aliphatic carbocycles. The second kappa shape index (κ2) is 3.12. The third-order valence-corrected chi connectivity index (χ3v) is 1.72. The van der Waals surface area contributed by atoms with E-state index in [1.807, 2.05) is 6.92 Å². The molecule has 5 heteroatoms. The van der Waals surface area contributed by atoms with E-state index >= 15 is 0 Å². The van der Waals surface area contributed by atoms with Crippen molar-refractivity contribution in [2.24, 2.45) is 0 Å². The van der Waals surface area contributed by atoms with Crippen LogP contribution in [0.15, 0.2) is 0 Å². The summed E-state index contributed by atoms with van der Waals surface area (Å²) in [4.78, 5) is 0. The SMILES string of the molecule is CCc1c(Cl)nnnc1Cl. The third kappa shape index (κ3) is 1.36. The van der Waals surface area contributed by atoms with E-state index in [4.69, 9.17) is 23.2 Å². The molecule has 0 spiro atoms. The van der Waals surface area contributed by atoms with Crippen molar-refractivity contribution in [3.05, 3.63) is 15.9 Å². The lowest BCUT2D eigenvalue weighted by molar-refractivity contribution is 0.842. The zero-order valence-electron chi connectivity index (χ0n) is 5.30. The maximum absolute atomic E-state index is 5.63. The van der Waals surface area contributed by atoms with Crippen LogP contribution in [0, 0.1) is 0 Å². The minimum atomic E-state index is 0.336. The molecule has 0 amide bonds. The van der Waals surface area contributed by atoms with Crippen LogP contribution in [-0.4, -0.2) is 15.4 Å². The Morgan fingerprint density at radius 3 is 2.00 bits per heavy atom. The zero-order chi connectivity index (χ0) is 7.56. The van der Waals surface area contributed by atoms with Crippen molar-refractivity contribution in [3.63, 3.8) is 0 Å². The summed E-state index contributed by atoms with van der Waals surface area (Å²) < 4.78 is 0. The van der Waals surface area contributed by atoms with Gasteiger partial charge in [0.15, 0.2) is 10.3 Å². The summed E-state index contributed by atoms with van der Waals surface area (Å²) in [6.45, 7) is 1.93. The van der Waals surface area contributed by atoms with Gasteiger partial charge < -0.3 is 0 Å². The predicted molar refractivity (Wildman–Crippen MR) is 39.2 cm³/mol. The second-order valence-electron chi connectivity index (χ2n) is 1.70. The van der Waals surface area contributed by atoms with Crippen LogP contribution >= 0.6 is 23.2 Å². The molecular weight excluding hydrogens is 173 g/mol. The molecule has 0 saturated carbocycles. The standard InChI is InChI=1S/C5H5Cl2N3/c1-2-3-4(6)8-10-9-5(3)7/h2H2,1H3. The van der Waals surface area contributed by atoms with E-state index in [0.717, 1.165) is 12.0 Å². The molecule has 0 aliphatic rings. The highest BCUT2D eigenvalue weighted by Crippen LogP contribution is 2.18. The maximum atomic E-state index is 5.63.